The molecule has 1 unspecified atom stereocenters. The molecule has 0 bridgehead atoms. The van der Waals surface area contributed by atoms with E-state index in [2.05, 4.69) is 0 Å². The molecule has 8 heteroatoms. The molecule has 2 aromatic rings. The second-order valence-corrected chi connectivity index (χ2v) is 6.24. The van der Waals surface area contributed by atoms with Crippen LogP contribution in [0.4, 0.5) is 22.0 Å². The molecular formula is C16H12F5IO2. The van der Waals surface area contributed by atoms with Crippen molar-refractivity contribution in [1.82, 2.24) is 0 Å². The molecule has 0 aliphatic rings. The van der Waals surface area contributed by atoms with Gasteiger partial charge in [0.15, 0.2) is 5.60 Å². The van der Waals surface area contributed by atoms with E-state index in [0.29, 0.717) is 3.57 Å². The van der Waals surface area contributed by atoms with Crippen LogP contribution in [-0.4, -0.2) is 24.3 Å². The number of hydrogen-bond acceptors (Lipinski definition) is 2. The average Bonchev–Trinajstić information content (AvgIpc) is 2.53. The summed E-state index contributed by atoms with van der Waals surface area (Å²) in [4.78, 5) is 0. The van der Waals surface area contributed by atoms with E-state index < -0.39 is 28.8 Å². The number of benzene rings is 2. The first-order chi connectivity index (χ1) is 11.1. The van der Waals surface area contributed by atoms with Crippen LogP contribution in [-0.2, 0) is 5.60 Å². The van der Waals surface area contributed by atoms with Gasteiger partial charge >= 0.3 is 12.1 Å². The van der Waals surface area contributed by atoms with Gasteiger partial charge in [0.05, 0.1) is 7.11 Å². The molecule has 0 saturated carbocycles. The van der Waals surface area contributed by atoms with Crippen molar-refractivity contribution in [1.29, 1.82) is 0 Å². The Labute approximate surface area is 148 Å². The van der Waals surface area contributed by atoms with Gasteiger partial charge in [-0.3, -0.25) is 0 Å². The zero-order valence-corrected chi connectivity index (χ0v) is 14.4. The van der Waals surface area contributed by atoms with E-state index in [-0.39, 0.29) is 5.75 Å². The Morgan fingerprint density at radius 1 is 0.917 bits per heavy atom. The molecule has 130 valence electrons. The van der Waals surface area contributed by atoms with E-state index in [1.807, 2.05) is 22.6 Å². The molecule has 2 rings (SSSR count). The highest BCUT2D eigenvalue weighted by atomic mass is 127. The molecule has 0 saturated heterocycles. The van der Waals surface area contributed by atoms with Crippen molar-refractivity contribution in [2.75, 3.05) is 7.11 Å². The number of halogens is 6. The smallest absolute Gasteiger partial charge is 0.457 e. The molecule has 0 aromatic heterocycles. The van der Waals surface area contributed by atoms with Crippen LogP contribution in [0.3, 0.4) is 0 Å². The highest BCUT2D eigenvalue weighted by molar-refractivity contribution is 14.1. The molecule has 0 amide bonds. The first-order valence-electron chi connectivity index (χ1n) is 6.62. The van der Waals surface area contributed by atoms with Crippen LogP contribution < -0.4 is 4.74 Å². The molecule has 0 aliphatic carbocycles. The van der Waals surface area contributed by atoms with Gasteiger partial charge in [-0.15, -0.1) is 0 Å². The van der Waals surface area contributed by atoms with Crippen LogP contribution in [0.15, 0.2) is 48.5 Å². The Kier molecular flexibility index (Phi) is 5.10. The Bertz CT molecular complexity index is 715. The van der Waals surface area contributed by atoms with Crippen LogP contribution in [0.2, 0.25) is 0 Å². The van der Waals surface area contributed by atoms with Crippen molar-refractivity contribution >= 4 is 22.6 Å². The molecule has 2 aromatic carbocycles. The molecule has 0 heterocycles. The van der Waals surface area contributed by atoms with Gasteiger partial charge in [-0.1, -0.05) is 30.3 Å². The summed E-state index contributed by atoms with van der Waals surface area (Å²) in [5.41, 5.74) is -4.90. The predicted molar refractivity (Wildman–Crippen MR) is 86.2 cm³/mol. The number of ether oxygens (including phenoxy) is 1. The fourth-order valence-electron chi connectivity index (χ4n) is 2.35. The van der Waals surface area contributed by atoms with Gasteiger partial charge in [-0.2, -0.15) is 22.0 Å². The van der Waals surface area contributed by atoms with E-state index in [9.17, 15) is 27.1 Å². The Hall–Kier alpha value is -1.42. The van der Waals surface area contributed by atoms with Crippen molar-refractivity contribution in [3.63, 3.8) is 0 Å². The largest absolute Gasteiger partial charge is 0.496 e. The molecule has 1 N–H and O–H groups in total. The van der Waals surface area contributed by atoms with Gasteiger partial charge in [0.1, 0.15) is 5.75 Å². The topological polar surface area (TPSA) is 29.5 Å². The number of para-hydroxylation sites is 1. The SMILES string of the molecule is COc1ccccc1C(O)(c1ccc(I)cc1)C(F)(F)C(F)(F)F. The molecule has 2 nitrogen and oxygen atoms in total. The lowest BCUT2D eigenvalue weighted by Gasteiger charge is -2.38. The Morgan fingerprint density at radius 3 is 1.96 bits per heavy atom. The van der Waals surface area contributed by atoms with Gasteiger partial charge in [-0.05, 0) is 46.4 Å². The van der Waals surface area contributed by atoms with E-state index >= 15 is 0 Å². The van der Waals surface area contributed by atoms with Gasteiger partial charge in [0.2, 0.25) is 0 Å². The zero-order valence-electron chi connectivity index (χ0n) is 12.2. The molecule has 0 aliphatic heterocycles. The maximum atomic E-state index is 14.3. The quantitative estimate of drug-likeness (QED) is 0.531. The summed E-state index contributed by atoms with van der Waals surface area (Å²) in [6.07, 6.45) is -5.97. The van der Waals surface area contributed by atoms with Crippen molar-refractivity contribution in [2.24, 2.45) is 0 Å². The monoisotopic (exact) mass is 458 g/mol. The van der Waals surface area contributed by atoms with Gasteiger partial charge < -0.3 is 9.84 Å². The number of methoxy groups -OCH3 is 1. The van der Waals surface area contributed by atoms with Crippen molar-refractivity contribution in [2.45, 2.75) is 17.7 Å². The summed E-state index contributed by atoms with van der Waals surface area (Å²) in [5.74, 6) is -5.72. The summed E-state index contributed by atoms with van der Waals surface area (Å²) in [6, 6.07) is 9.59. The van der Waals surface area contributed by atoms with E-state index in [1.165, 1.54) is 30.3 Å². The van der Waals surface area contributed by atoms with E-state index in [1.54, 1.807) is 0 Å². The summed E-state index contributed by atoms with van der Waals surface area (Å²) in [7, 11) is 1.12. The van der Waals surface area contributed by atoms with Crippen LogP contribution in [0, 0.1) is 3.57 Å². The molecular weight excluding hydrogens is 446 g/mol. The highest BCUT2D eigenvalue weighted by Gasteiger charge is 2.71. The third-order valence-corrected chi connectivity index (χ3v) is 4.29. The van der Waals surface area contributed by atoms with Crippen molar-refractivity contribution in [3.05, 3.63) is 63.2 Å². The summed E-state index contributed by atoms with van der Waals surface area (Å²) in [5, 5.41) is 10.7. The van der Waals surface area contributed by atoms with Crippen LogP contribution >= 0.6 is 22.6 Å². The van der Waals surface area contributed by atoms with Crippen molar-refractivity contribution < 1.29 is 31.8 Å². The third kappa shape index (κ3) is 2.97. The minimum Gasteiger partial charge on any atom is -0.496 e. The van der Waals surface area contributed by atoms with Gasteiger partial charge in [0, 0.05) is 9.13 Å². The molecule has 1 atom stereocenters. The van der Waals surface area contributed by atoms with E-state index in [4.69, 9.17) is 4.74 Å². The molecule has 0 spiro atoms. The van der Waals surface area contributed by atoms with Gasteiger partial charge in [0.25, 0.3) is 0 Å². The van der Waals surface area contributed by atoms with Crippen LogP contribution in [0.1, 0.15) is 11.1 Å². The average molecular weight is 458 g/mol. The minimum absolute atomic E-state index is 0.275. The maximum absolute atomic E-state index is 14.3. The molecule has 0 fully saturated rings. The van der Waals surface area contributed by atoms with E-state index in [0.717, 1.165) is 25.3 Å². The summed E-state index contributed by atoms with van der Waals surface area (Å²) in [6.45, 7) is 0. The number of alkyl halides is 5. The summed E-state index contributed by atoms with van der Waals surface area (Å²) < 4.78 is 73.4. The van der Waals surface area contributed by atoms with Crippen LogP contribution in [0.5, 0.6) is 5.75 Å². The van der Waals surface area contributed by atoms with Gasteiger partial charge in [-0.25, -0.2) is 0 Å². The standard InChI is InChI=1S/C16H12F5IO2/c1-24-13-5-3-2-4-12(13)14(23,15(17,18)16(19,20)21)10-6-8-11(22)9-7-10/h2-9,23H,1H3. The first-order valence-corrected chi connectivity index (χ1v) is 7.70. The summed E-state index contributed by atoms with van der Waals surface area (Å²) >= 11 is 1.87. The normalized spacial score (nSPS) is 15.0. The third-order valence-electron chi connectivity index (χ3n) is 3.57. The van der Waals surface area contributed by atoms with Crippen molar-refractivity contribution in [3.8, 4) is 5.75 Å². The first kappa shape index (κ1) is 18.9. The Balaban J connectivity index is 2.82. The lowest BCUT2D eigenvalue weighted by molar-refractivity contribution is -0.336. The molecule has 0 radical (unpaired) electrons. The minimum atomic E-state index is -5.97. The fraction of sp³-hybridized carbons (Fsp3) is 0.250. The fourth-order valence-corrected chi connectivity index (χ4v) is 2.71. The highest BCUT2D eigenvalue weighted by Crippen LogP contribution is 2.53. The predicted octanol–water partition coefficient (Wildman–Crippen LogP) is 4.73. The second kappa shape index (κ2) is 6.47. The lowest BCUT2D eigenvalue weighted by atomic mass is 9.80. The number of rotatable bonds is 4. The molecule has 24 heavy (non-hydrogen) atoms. The zero-order chi connectivity index (χ0) is 18.2. The second-order valence-electron chi connectivity index (χ2n) is 4.99. The number of aliphatic hydroxyl groups is 1. The lowest BCUT2D eigenvalue weighted by Crippen LogP contribution is -2.55. The van der Waals surface area contributed by atoms with Crippen LogP contribution in [0.25, 0.3) is 0 Å². The maximum Gasteiger partial charge on any atom is 0.457 e. The Morgan fingerprint density at radius 2 is 1.46 bits per heavy atom. The number of hydrogen-bond donors (Lipinski definition) is 1.